The van der Waals surface area contributed by atoms with E-state index < -0.39 is 16.4 Å². The van der Waals surface area contributed by atoms with Crippen molar-refractivity contribution in [3.05, 3.63) is 17.4 Å². The van der Waals surface area contributed by atoms with Crippen molar-refractivity contribution in [1.82, 2.24) is 14.9 Å². The molecular formula is C13H18ClN3O3S. The first-order valence-electron chi connectivity index (χ1n) is 6.62. The molecule has 8 heteroatoms. The van der Waals surface area contributed by atoms with Crippen LogP contribution < -0.4 is 0 Å². The fourth-order valence-electron chi connectivity index (χ4n) is 1.95. The predicted molar refractivity (Wildman–Crippen MR) is 79.7 cm³/mol. The number of hydrogen-bond donors (Lipinski definition) is 0. The van der Waals surface area contributed by atoms with E-state index in [9.17, 15) is 9.00 Å². The summed E-state index contributed by atoms with van der Waals surface area (Å²) in [5.41, 5.74) is -0.534. The Kier molecular flexibility index (Phi) is 4.83. The minimum Gasteiger partial charge on any atom is -0.444 e. The van der Waals surface area contributed by atoms with Crippen LogP contribution in [0.5, 0.6) is 0 Å². The molecule has 2 atom stereocenters. The maximum absolute atomic E-state index is 12.4. The molecule has 6 nitrogen and oxygen atoms in total. The maximum Gasteiger partial charge on any atom is 0.410 e. The van der Waals surface area contributed by atoms with E-state index in [1.165, 1.54) is 12.4 Å². The molecule has 21 heavy (non-hydrogen) atoms. The number of carbonyl (C=O) groups excluding carboxylic acids is 1. The van der Waals surface area contributed by atoms with Gasteiger partial charge in [-0.05, 0) is 27.2 Å². The topological polar surface area (TPSA) is 72.4 Å². The summed E-state index contributed by atoms with van der Waals surface area (Å²) < 4.78 is 17.7. The van der Waals surface area contributed by atoms with Gasteiger partial charge in [-0.15, -0.1) is 0 Å². The van der Waals surface area contributed by atoms with Crippen LogP contribution in [0.1, 0.15) is 27.2 Å². The molecule has 1 aliphatic heterocycles. The third-order valence-corrected chi connectivity index (χ3v) is 4.63. The van der Waals surface area contributed by atoms with Crippen molar-refractivity contribution >= 4 is 28.5 Å². The van der Waals surface area contributed by atoms with Crippen LogP contribution in [0.3, 0.4) is 0 Å². The van der Waals surface area contributed by atoms with E-state index in [1.807, 2.05) is 20.8 Å². The molecule has 0 saturated carbocycles. The zero-order valence-corrected chi connectivity index (χ0v) is 13.8. The van der Waals surface area contributed by atoms with Crippen molar-refractivity contribution in [2.75, 3.05) is 13.1 Å². The molecule has 0 aliphatic carbocycles. The molecule has 0 N–H and O–H groups in total. The van der Waals surface area contributed by atoms with Gasteiger partial charge in [-0.1, -0.05) is 11.6 Å². The molecule has 0 spiro atoms. The lowest BCUT2D eigenvalue weighted by molar-refractivity contribution is 0.0295. The van der Waals surface area contributed by atoms with Crippen LogP contribution in [0.15, 0.2) is 17.6 Å². The van der Waals surface area contributed by atoms with Crippen molar-refractivity contribution in [2.45, 2.75) is 43.2 Å². The lowest BCUT2D eigenvalue weighted by Crippen LogP contribution is -2.36. The molecular weight excluding hydrogens is 314 g/mol. The Morgan fingerprint density at radius 3 is 2.62 bits per heavy atom. The van der Waals surface area contributed by atoms with Gasteiger partial charge in [0.05, 0.1) is 33.5 Å². The largest absolute Gasteiger partial charge is 0.444 e. The lowest BCUT2D eigenvalue weighted by Gasteiger charge is -2.24. The quantitative estimate of drug-likeness (QED) is 0.777. The number of ether oxygens (including phenoxy) is 1. The smallest absolute Gasteiger partial charge is 0.410 e. The van der Waals surface area contributed by atoms with Crippen molar-refractivity contribution in [3.63, 3.8) is 0 Å². The van der Waals surface area contributed by atoms with E-state index in [0.717, 1.165) is 0 Å². The number of nitrogens with zero attached hydrogens (tertiary/aromatic N) is 3. The standard InChI is InChI=1S/C13H18ClN3O3S/c1-13(2,3)20-12(18)17-5-4-10(8-17)21(19)11-15-6-9(14)7-16-11/h6-7,10H,4-5,8H2,1-3H3/t10-,21+/m1/s1. The Morgan fingerprint density at radius 2 is 2.05 bits per heavy atom. The van der Waals surface area contributed by atoms with Crippen LogP contribution in [0.2, 0.25) is 5.02 Å². The molecule has 2 heterocycles. The molecule has 1 aliphatic rings. The van der Waals surface area contributed by atoms with Gasteiger partial charge in [0.2, 0.25) is 5.16 Å². The van der Waals surface area contributed by atoms with E-state index >= 15 is 0 Å². The minimum absolute atomic E-state index is 0.182. The molecule has 0 bridgehead atoms. The fourth-order valence-corrected chi connectivity index (χ4v) is 3.29. The van der Waals surface area contributed by atoms with E-state index in [1.54, 1.807) is 4.90 Å². The summed E-state index contributed by atoms with van der Waals surface area (Å²) in [6, 6.07) is 0. The van der Waals surface area contributed by atoms with E-state index in [4.69, 9.17) is 16.3 Å². The van der Waals surface area contributed by atoms with Crippen LogP contribution in [0.25, 0.3) is 0 Å². The second kappa shape index (κ2) is 6.27. The average Bonchev–Trinajstić information content (AvgIpc) is 2.86. The molecule has 0 aromatic carbocycles. The Labute approximate surface area is 131 Å². The van der Waals surface area contributed by atoms with E-state index in [2.05, 4.69) is 9.97 Å². The number of hydrogen-bond acceptors (Lipinski definition) is 5. The highest BCUT2D eigenvalue weighted by molar-refractivity contribution is 7.85. The number of aromatic nitrogens is 2. The normalized spacial score (nSPS) is 20.4. The summed E-state index contributed by atoms with van der Waals surface area (Å²) in [7, 11) is -1.36. The molecule has 0 radical (unpaired) electrons. The Balaban J connectivity index is 1.97. The highest BCUT2D eigenvalue weighted by Gasteiger charge is 2.34. The highest BCUT2D eigenvalue weighted by Crippen LogP contribution is 2.21. The van der Waals surface area contributed by atoms with Crippen LogP contribution in [-0.4, -0.2) is 49.1 Å². The summed E-state index contributed by atoms with van der Waals surface area (Å²) in [4.78, 5) is 21.5. The van der Waals surface area contributed by atoms with Crippen molar-refractivity contribution in [2.24, 2.45) is 0 Å². The second-order valence-corrected chi connectivity index (χ2v) is 7.88. The van der Waals surface area contributed by atoms with Gasteiger partial charge in [0.1, 0.15) is 5.60 Å². The predicted octanol–water partition coefficient (Wildman–Crippen LogP) is 2.25. The van der Waals surface area contributed by atoms with E-state index in [0.29, 0.717) is 24.5 Å². The number of amides is 1. The summed E-state index contributed by atoms with van der Waals surface area (Å²) in [5, 5.41) is 0.465. The SMILES string of the molecule is CC(C)(C)OC(=O)N1CC[C@@H]([S@](=O)c2ncc(Cl)cn2)C1. The molecule has 2 rings (SSSR count). The maximum atomic E-state index is 12.4. The van der Waals surface area contributed by atoms with Gasteiger partial charge in [0, 0.05) is 13.1 Å². The van der Waals surface area contributed by atoms with Crippen molar-refractivity contribution in [1.29, 1.82) is 0 Å². The van der Waals surface area contributed by atoms with Gasteiger partial charge in [-0.2, -0.15) is 0 Å². The van der Waals surface area contributed by atoms with Crippen molar-refractivity contribution < 1.29 is 13.7 Å². The molecule has 0 unspecified atom stereocenters. The van der Waals surface area contributed by atoms with Crippen LogP contribution >= 0.6 is 11.6 Å². The number of likely N-dealkylation sites (tertiary alicyclic amines) is 1. The van der Waals surface area contributed by atoms with Gasteiger partial charge in [0.15, 0.2) is 0 Å². The number of carbonyl (C=O) groups is 1. The second-order valence-electron chi connectivity index (χ2n) is 5.82. The summed E-state index contributed by atoms with van der Waals surface area (Å²) in [5.74, 6) is 0. The first-order valence-corrected chi connectivity index (χ1v) is 8.21. The van der Waals surface area contributed by atoms with E-state index in [-0.39, 0.29) is 16.5 Å². The summed E-state index contributed by atoms with van der Waals surface area (Å²) in [6.07, 6.45) is 3.10. The zero-order valence-electron chi connectivity index (χ0n) is 12.2. The fraction of sp³-hybridized carbons (Fsp3) is 0.615. The average molecular weight is 332 g/mol. The molecule has 1 amide bonds. The first-order chi connectivity index (χ1) is 9.76. The highest BCUT2D eigenvalue weighted by atomic mass is 35.5. The molecule has 1 aromatic heterocycles. The molecule has 1 fully saturated rings. The Hall–Kier alpha value is -1.21. The summed E-state index contributed by atoms with van der Waals surface area (Å²) in [6.45, 7) is 6.36. The van der Waals surface area contributed by atoms with Gasteiger partial charge in [0.25, 0.3) is 0 Å². The minimum atomic E-state index is -1.36. The van der Waals surface area contributed by atoms with Crippen LogP contribution in [-0.2, 0) is 15.5 Å². The summed E-state index contributed by atoms with van der Waals surface area (Å²) >= 11 is 5.71. The van der Waals surface area contributed by atoms with Crippen LogP contribution in [0.4, 0.5) is 4.79 Å². The van der Waals surface area contributed by atoms with Crippen molar-refractivity contribution in [3.8, 4) is 0 Å². The molecule has 1 aromatic rings. The third-order valence-electron chi connectivity index (χ3n) is 2.88. The van der Waals surface area contributed by atoms with Crippen LogP contribution in [0, 0.1) is 0 Å². The van der Waals surface area contributed by atoms with Gasteiger partial charge >= 0.3 is 6.09 Å². The monoisotopic (exact) mass is 331 g/mol. The Bertz CT molecular complexity index is 545. The number of halogens is 1. The molecule has 116 valence electrons. The Morgan fingerprint density at radius 1 is 1.43 bits per heavy atom. The third kappa shape index (κ3) is 4.38. The number of rotatable bonds is 2. The zero-order chi connectivity index (χ0) is 15.6. The van der Waals surface area contributed by atoms with Gasteiger partial charge < -0.3 is 9.64 Å². The van der Waals surface area contributed by atoms with Gasteiger partial charge in [-0.25, -0.2) is 14.8 Å². The first kappa shape index (κ1) is 16.2. The van der Waals surface area contributed by atoms with Gasteiger partial charge in [-0.3, -0.25) is 4.21 Å². The molecule has 1 saturated heterocycles. The lowest BCUT2D eigenvalue weighted by atomic mass is 10.2.